The van der Waals surface area contributed by atoms with Gasteiger partial charge in [-0.05, 0) is 57.9 Å². The van der Waals surface area contributed by atoms with E-state index in [1.807, 2.05) is 20.8 Å². The van der Waals surface area contributed by atoms with Crippen LogP contribution in [0.4, 0.5) is 5.95 Å². The predicted molar refractivity (Wildman–Crippen MR) is 172 cm³/mol. The molecule has 4 rings (SSSR count). The maximum absolute atomic E-state index is 13.5. The van der Waals surface area contributed by atoms with Gasteiger partial charge in [0.1, 0.15) is 40.0 Å². The van der Waals surface area contributed by atoms with Crippen molar-refractivity contribution < 1.29 is 23.2 Å². The standard InChI is InChI=1S/C26H31N7O5S.C5H10/c1-6-13-38-21(24-27-14-17(2)15-28-24)16-39(34)32-26-31-30-25(18-9-7-12-22(29-18)37-5)33(26)23-19(35-3)10-8-11-20(23)36-4;1-4-5(2)3/h7-12,14-15,21H,6,13,16H2,1-5H3,(H,31,32);4H,1-3H3. The van der Waals surface area contributed by atoms with Gasteiger partial charge in [0.25, 0.3) is 0 Å². The number of anilines is 1. The average molecular weight is 624 g/mol. The van der Waals surface area contributed by atoms with E-state index in [4.69, 9.17) is 18.9 Å². The number of hydrogen-bond donors (Lipinski definition) is 1. The molecule has 0 fully saturated rings. The van der Waals surface area contributed by atoms with E-state index in [1.54, 1.807) is 67.6 Å². The summed E-state index contributed by atoms with van der Waals surface area (Å²) < 4.78 is 40.6. The molecule has 1 N–H and O–H groups in total. The molecule has 0 amide bonds. The lowest BCUT2D eigenvalue weighted by Gasteiger charge is -2.19. The Hall–Kier alpha value is -4.36. The number of allylic oxidation sites excluding steroid dienone is 2. The minimum Gasteiger partial charge on any atom is -0.494 e. The van der Waals surface area contributed by atoms with E-state index in [2.05, 4.69) is 49.8 Å². The second-order valence-corrected chi connectivity index (χ2v) is 10.9. The Morgan fingerprint density at radius 1 is 1.00 bits per heavy atom. The van der Waals surface area contributed by atoms with Crippen molar-refractivity contribution in [1.82, 2.24) is 29.7 Å². The van der Waals surface area contributed by atoms with Crippen LogP contribution in [0.15, 0.2) is 60.4 Å². The molecule has 236 valence electrons. The number of rotatable bonds is 13. The van der Waals surface area contributed by atoms with Crippen molar-refractivity contribution in [2.75, 3.05) is 38.4 Å². The molecular weight excluding hydrogens is 582 g/mol. The number of pyridine rings is 1. The van der Waals surface area contributed by atoms with E-state index in [-0.39, 0.29) is 11.7 Å². The minimum atomic E-state index is -1.67. The van der Waals surface area contributed by atoms with Crippen molar-refractivity contribution in [3.8, 4) is 34.6 Å². The molecule has 0 radical (unpaired) electrons. The molecule has 0 saturated carbocycles. The minimum absolute atomic E-state index is 0.0751. The third-order valence-electron chi connectivity index (χ3n) is 6.15. The summed E-state index contributed by atoms with van der Waals surface area (Å²) in [6, 6.07) is 10.7. The average Bonchev–Trinajstić information content (AvgIpc) is 3.45. The maximum Gasteiger partial charge on any atom is 0.241 e. The van der Waals surface area contributed by atoms with Crippen molar-refractivity contribution in [1.29, 1.82) is 0 Å². The van der Waals surface area contributed by atoms with Crippen LogP contribution in [0.5, 0.6) is 17.4 Å². The van der Waals surface area contributed by atoms with Crippen LogP contribution in [0.3, 0.4) is 0 Å². The number of ether oxygens (including phenoxy) is 4. The summed E-state index contributed by atoms with van der Waals surface area (Å²) in [5, 5.41) is 8.68. The molecule has 12 nitrogen and oxygen atoms in total. The third kappa shape index (κ3) is 9.07. The molecule has 0 saturated heterocycles. The lowest BCUT2D eigenvalue weighted by molar-refractivity contribution is 0.0630. The molecule has 0 aliphatic heterocycles. The highest BCUT2D eigenvalue weighted by Gasteiger charge is 2.26. The number of nitrogens with zero attached hydrogens (tertiary/aromatic N) is 6. The Kier molecular flexibility index (Phi) is 13.2. The zero-order chi connectivity index (χ0) is 32.1. The topological polar surface area (TPSA) is 135 Å². The summed E-state index contributed by atoms with van der Waals surface area (Å²) >= 11 is 0. The molecule has 44 heavy (non-hydrogen) atoms. The molecule has 4 aromatic rings. The second kappa shape index (κ2) is 17.1. The summed E-state index contributed by atoms with van der Waals surface area (Å²) in [5.74, 6) is 2.46. The first-order valence-electron chi connectivity index (χ1n) is 14.1. The lowest BCUT2D eigenvalue weighted by atomic mass is 10.2. The Bertz CT molecular complexity index is 1520. The van der Waals surface area contributed by atoms with Crippen LogP contribution in [-0.4, -0.2) is 67.6 Å². The first kappa shape index (κ1) is 34.1. The Labute approximate surface area is 261 Å². The van der Waals surface area contributed by atoms with Crippen molar-refractivity contribution in [2.24, 2.45) is 0 Å². The fourth-order valence-electron chi connectivity index (χ4n) is 3.74. The van der Waals surface area contributed by atoms with Crippen molar-refractivity contribution in [2.45, 2.75) is 47.1 Å². The molecule has 0 aliphatic carbocycles. The smallest absolute Gasteiger partial charge is 0.241 e. The SMILES string of the molecule is CC=C(C)C.CCCOC(CS(=O)Nc1nnc(-c2cccc(OC)n2)n1-c1c(OC)cccc1OC)c1ncc(C)cn1. The Balaban J connectivity index is 0.000000978. The molecule has 2 atom stereocenters. The van der Waals surface area contributed by atoms with E-state index >= 15 is 0 Å². The summed E-state index contributed by atoms with van der Waals surface area (Å²) in [6.07, 6.45) is 5.70. The quantitative estimate of drug-likeness (QED) is 0.186. The highest BCUT2D eigenvalue weighted by molar-refractivity contribution is 7.86. The second-order valence-electron chi connectivity index (χ2n) is 9.72. The molecule has 2 unspecified atom stereocenters. The highest BCUT2D eigenvalue weighted by Crippen LogP contribution is 2.37. The molecule has 0 aliphatic rings. The van der Waals surface area contributed by atoms with Crippen LogP contribution in [0, 0.1) is 6.92 Å². The van der Waals surface area contributed by atoms with Crippen LogP contribution in [-0.2, 0) is 15.7 Å². The first-order chi connectivity index (χ1) is 21.3. The fourth-order valence-corrected chi connectivity index (χ4v) is 4.68. The molecule has 13 heteroatoms. The summed E-state index contributed by atoms with van der Waals surface area (Å²) in [5.41, 5.74) is 3.29. The number of para-hydroxylation sites is 1. The molecule has 0 spiro atoms. The van der Waals surface area contributed by atoms with E-state index < -0.39 is 17.1 Å². The molecule has 3 aromatic heterocycles. The van der Waals surface area contributed by atoms with Gasteiger partial charge in [0.15, 0.2) is 11.6 Å². The normalized spacial score (nSPS) is 11.9. The van der Waals surface area contributed by atoms with E-state index in [0.29, 0.717) is 47.0 Å². The zero-order valence-electron chi connectivity index (χ0n) is 26.5. The molecule has 1 aromatic carbocycles. The molecule has 3 heterocycles. The van der Waals surface area contributed by atoms with Crippen molar-refractivity contribution in [3.05, 3.63) is 71.8 Å². The number of methoxy groups -OCH3 is 3. The van der Waals surface area contributed by atoms with Crippen LogP contribution in [0.1, 0.15) is 51.6 Å². The van der Waals surface area contributed by atoms with Gasteiger partial charge >= 0.3 is 0 Å². The van der Waals surface area contributed by atoms with Crippen molar-refractivity contribution >= 4 is 16.9 Å². The van der Waals surface area contributed by atoms with E-state index in [0.717, 1.165) is 12.0 Å². The Morgan fingerprint density at radius 3 is 2.20 bits per heavy atom. The van der Waals surface area contributed by atoms with E-state index in [9.17, 15) is 4.21 Å². The Morgan fingerprint density at radius 2 is 1.64 bits per heavy atom. The number of nitrogens with one attached hydrogen (secondary N) is 1. The van der Waals surface area contributed by atoms with Crippen LogP contribution in [0.2, 0.25) is 0 Å². The number of aryl methyl sites for hydroxylation is 1. The van der Waals surface area contributed by atoms with Gasteiger partial charge in [-0.15, -0.1) is 10.2 Å². The van der Waals surface area contributed by atoms with Crippen LogP contribution in [0.25, 0.3) is 17.2 Å². The molecular formula is C31H41N7O5S. The monoisotopic (exact) mass is 623 g/mol. The number of aromatic nitrogens is 6. The van der Waals surface area contributed by atoms with Crippen molar-refractivity contribution in [3.63, 3.8) is 0 Å². The van der Waals surface area contributed by atoms with E-state index in [1.165, 1.54) is 12.7 Å². The fraction of sp³-hybridized carbons (Fsp3) is 0.387. The van der Waals surface area contributed by atoms with Gasteiger partial charge in [0.2, 0.25) is 11.8 Å². The van der Waals surface area contributed by atoms with Gasteiger partial charge in [0, 0.05) is 25.1 Å². The van der Waals surface area contributed by atoms with Gasteiger partial charge in [-0.2, -0.15) is 0 Å². The number of benzene rings is 1. The molecule has 0 bridgehead atoms. The highest BCUT2D eigenvalue weighted by atomic mass is 32.2. The number of hydrogen-bond acceptors (Lipinski definition) is 10. The third-order valence-corrected chi connectivity index (χ3v) is 7.16. The van der Waals surface area contributed by atoms with Crippen LogP contribution < -0.4 is 18.9 Å². The van der Waals surface area contributed by atoms with Gasteiger partial charge in [-0.25, -0.2) is 19.2 Å². The zero-order valence-corrected chi connectivity index (χ0v) is 27.3. The lowest BCUT2D eigenvalue weighted by Crippen LogP contribution is -2.21. The summed E-state index contributed by atoms with van der Waals surface area (Å²) in [4.78, 5) is 13.3. The maximum atomic E-state index is 13.5. The largest absolute Gasteiger partial charge is 0.494 e. The van der Waals surface area contributed by atoms with Gasteiger partial charge in [0.05, 0.1) is 27.1 Å². The first-order valence-corrected chi connectivity index (χ1v) is 15.4. The predicted octanol–water partition coefficient (Wildman–Crippen LogP) is 5.67. The summed E-state index contributed by atoms with van der Waals surface area (Å²) in [6.45, 7) is 10.6. The van der Waals surface area contributed by atoms with Crippen LogP contribution >= 0.6 is 0 Å². The van der Waals surface area contributed by atoms with Gasteiger partial charge in [-0.1, -0.05) is 30.7 Å². The van der Waals surface area contributed by atoms with Gasteiger partial charge < -0.3 is 18.9 Å². The summed E-state index contributed by atoms with van der Waals surface area (Å²) in [7, 11) is 2.97. The van der Waals surface area contributed by atoms with Gasteiger partial charge in [-0.3, -0.25) is 9.29 Å².